The molecule has 1 aromatic carbocycles. The summed E-state index contributed by atoms with van der Waals surface area (Å²) < 4.78 is 7.86. The molecule has 0 fully saturated rings. The maximum Gasteiger partial charge on any atom is 0.227 e. The van der Waals surface area contributed by atoms with Gasteiger partial charge in [0.05, 0.1) is 28.1 Å². The number of hydrogen-bond donors (Lipinski definition) is 2. The van der Waals surface area contributed by atoms with Crippen molar-refractivity contribution in [2.45, 2.75) is 25.7 Å². The number of carbonyl (C=O) groups excluding carboxylic acids is 1. The van der Waals surface area contributed by atoms with Crippen molar-refractivity contribution in [3.05, 3.63) is 27.4 Å². The van der Waals surface area contributed by atoms with Gasteiger partial charge in [-0.2, -0.15) is 0 Å². The summed E-state index contributed by atoms with van der Waals surface area (Å²) in [7, 11) is 1.93. The summed E-state index contributed by atoms with van der Waals surface area (Å²) in [6.45, 7) is 2.90. The lowest BCUT2D eigenvalue weighted by Crippen LogP contribution is -2.26. The number of ether oxygens (including phenoxy) is 1. The Morgan fingerprint density at radius 1 is 1.46 bits per heavy atom. The SMILES string of the molecule is CC1C(=O)NCCc2c1c1c(OCCCO)cc(Cl)c(Cl)c1n2C. The molecule has 2 N–H and O–H groups in total. The number of fused-ring (bicyclic) bond motifs is 3. The van der Waals surface area contributed by atoms with Crippen LogP contribution < -0.4 is 10.1 Å². The second-order valence-electron chi connectivity index (χ2n) is 6.00. The molecule has 2 aromatic rings. The number of benzene rings is 1. The molecule has 1 atom stereocenters. The van der Waals surface area contributed by atoms with Crippen molar-refractivity contribution in [3.63, 3.8) is 0 Å². The first-order valence-corrected chi connectivity index (χ1v) is 8.73. The van der Waals surface area contributed by atoms with Crippen LogP contribution in [0.2, 0.25) is 10.0 Å². The first-order valence-electron chi connectivity index (χ1n) is 7.97. The van der Waals surface area contributed by atoms with Gasteiger partial charge in [0.15, 0.2) is 0 Å². The number of aryl methyl sites for hydroxylation is 1. The first-order chi connectivity index (χ1) is 11.5. The maximum absolute atomic E-state index is 12.3. The third-order valence-corrected chi connectivity index (χ3v) is 5.30. The van der Waals surface area contributed by atoms with Crippen LogP contribution in [0.4, 0.5) is 0 Å². The number of aliphatic hydroxyl groups excluding tert-OH is 1. The molecule has 0 radical (unpaired) electrons. The molecule has 0 spiro atoms. The van der Waals surface area contributed by atoms with Crippen LogP contribution >= 0.6 is 23.2 Å². The van der Waals surface area contributed by atoms with Gasteiger partial charge in [-0.25, -0.2) is 0 Å². The van der Waals surface area contributed by atoms with E-state index in [1.165, 1.54) is 0 Å². The lowest BCUT2D eigenvalue weighted by Gasteiger charge is -2.13. The number of halogens is 2. The smallest absolute Gasteiger partial charge is 0.227 e. The van der Waals surface area contributed by atoms with Gasteiger partial charge in [-0.05, 0) is 12.5 Å². The van der Waals surface area contributed by atoms with Crippen LogP contribution in [0.25, 0.3) is 10.9 Å². The third kappa shape index (κ3) is 2.75. The van der Waals surface area contributed by atoms with E-state index in [1.807, 2.05) is 18.5 Å². The minimum atomic E-state index is -0.302. The Balaban J connectivity index is 2.28. The van der Waals surface area contributed by atoms with Gasteiger partial charge >= 0.3 is 0 Å². The van der Waals surface area contributed by atoms with Crippen LogP contribution in [-0.4, -0.2) is 35.3 Å². The van der Waals surface area contributed by atoms with Crippen molar-refractivity contribution in [2.24, 2.45) is 7.05 Å². The number of aliphatic hydroxyl groups is 1. The third-order valence-electron chi connectivity index (χ3n) is 4.53. The Hall–Kier alpha value is -1.43. The second kappa shape index (κ2) is 6.82. The summed E-state index contributed by atoms with van der Waals surface area (Å²) >= 11 is 12.7. The second-order valence-corrected chi connectivity index (χ2v) is 6.79. The number of rotatable bonds is 4. The van der Waals surface area contributed by atoms with Gasteiger partial charge in [-0.1, -0.05) is 23.2 Å². The molecule has 5 nitrogen and oxygen atoms in total. The molecule has 1 aliphatic rings. The van der Waals surface area contributed by atoms with Crippen LogP contribution in [0.3, 0.4) is 0 Å². The molecule has 130 valence electrons. The highest BCUT2D eigenvalue weighted by molar-refractivity contribution is 6.45. The first kappa shape index (κ1) is 17.4. The number of aromatic nitrogens is 1. The fraction of sp³-hybridized carbons (Fsp3) is 0.471. The van der Waals surface area contributed by atoms with Crippen LogP contribution in [0.15, 0.2) is 6.07 Å². The fourth-order valence-corrected chi connectivity index (χ4v) is 3.81. The average Bonchev–Trinajstić information content (AvgIpc) is 2.76. The van der Waals surface area contributed by atoms with Gasteiger partial charge in [-0.3, -0.25) is 4.79 Å². The predicted molar refractivity (Wildman–Crippen MR) is 95.3 cm³/mol. The van der Waals surface area contributed by atoms with Gasteiger partial charge in [-0.15, -0.1) is 0 Å². The number of nitrogens with one attached hydrogen (secondary N) is 1. The number of hydrogen-bond acceptors (Lipinski definition) is 3. The Kier molecular flexibility index (Phi) is 4.95. The molecule has 3 rings (SSSR count). The van der Waals surface area contributed by atoms with E-state index < -0.39 is 0 Å². The van der Waals surface area contributed by atoms with E-state index >= 15 is 0 Å². The monoisotopic (exact) mass is 370 g/mol. The molecular weight excluding hydrogens is 351 g/mol. The molecule has 1 aliphatic heterocycles. The Labute approximate surface area is 150 Å². The zero-order valence-electron chi connectivity index (χ0n) is 13.7. The Bertz CT molecular complexity index is 801. The van der Waals surface area contributed by atoms with Crippen molar-refractivity contribution in [3.8, 4) is 5.75 Å². The zero-order chi connectivity index (χ0) is 17.4. The fourth-order valence-electron chi connectivity index (χ4n) is 3.34. The van der Waals surface area contributed by atoms with E-state index in [-0.39, 0.29) is 18.4 Å². The molecular formula is C17H20Cl2N2O3. The largest absolute Gasteiger partial charge is 0.493 e. The van der Waals surface area contributed by atoms with E-state index in [4.69, 9.17) is 33.0 Å². The zero-order valence-corrected chi connectivity index (χ0v) is 15.2. The Morgan fingerprint density at radius 3 is 2.92 bits per heavy atom. The summed E-state index contributed by atoms with van der Waals surface area (Å²) in [5.74, 6) is 0.295. The molecule has 0 saturated carbocycles. The van der Waals surface area contributed by atoms with Gasteiger partial charge < -0.3 is 19.7 Å². The highest BCUT2D eigenvalue weighted by Gasteiger charge is 2.30. The van der Waals surface area contributed by atoms with Crippen LogP contribution in [-0.2, 0) is 18.3 Å². The molecule has 0 aliphatic carbocycles. The van der Waals surface area contributed by atoms with E-state index in [1.54, 1.807) is 6.07 Å². The lowest BCUT2D eigenvalue weighted by atomic mass is 9.96. The Morgan fingerprint density at radius 2 is 2.21 bits per heavy atom. The van der Waals surface area contributed by atoms with E-state index in [2.05, 4.69) is 5.32 Å². The molecule has 1 amide bonds. The van der Waals surface area contributed by atoms with Gasteiger partial charge in [0.25, 0.3) is 0 Å². The lowest BCUT2D eigenvalue weighted by molar-refractivity contribution is -0.121. The molecule has 7 heteroatoms. The van der Waals surface area contributed by atoms with Crippen LogP contribution in [0, 0.1) is 0 Å². The molecule has 0 bridgehead atoms. The number of carbonyl (C=O) groups is 1. The van der Waals surface area contributed by atoms with Gasteiger partial charge in [0.2, 0.25) is 5.91 Å². The van der Waals surface area contributed by atoms with E-state index in [9.17, 15) is 4.79 Å². The van der Waals surface area contributed by atoms with E-state index in [0.717, 1.165) is 28.6 Å². The minimum Gasteiger partial charge on any atom is -0.493 e. The van der Waals surface area contributed by atoms with E-state index in [0.29, 0.717) is 35.4 Å². The van der Waals surface area contributed by atoms with Crippen LogP contribution in [0.1, 0.15) is 30.5 Å². The van der Waals surface area contributed by atoms with Gasteiger partial charge in [0.1, 0.15) is 5.75 Å². The predicted octanol–water partition coefficient (Wildman–Crippen LogP) is 3.02. The van der Waals surface area contributed by atoms with Crippen molar-refractivity contribution in [2.75, 3.05) is 19.8 Å². The van der Waals surface area contributed by atoms with Crippen molar-refractivity contribution in [1.29, 1.82) is 0 Å². The molecule has 2 heterocycles. The normalized spacial score (nSPS) is 17.5. The highest BCUT2D eigenvalue weighted by atomic mass is 35.5. The van der Waals surface area contributed by atoms with Gasteiger partial charge in [0, 0.05) is 50.2 Å². The molecule has 24 heavy (non-hydrogen) atoms. The summed E-state index contributed by atoms with van der Waals surface area (Å²) in [6, 6.07) is 1.69. The summed E-state index contributed by atoms with van der Waals surface area (Å²) in [6.07, 6.45) is 1.24. The molecule has 1 aromatic heterocycles. The molecule has 1 unspecified atom stereocenters. The minimum absolute atomic E-state index is 0.00590. The number of amides is 1. The summed E-state index contributed by atoms with van der Waals surface area (Å²) in [5.41, 5.74) is 2.79. The van der Waals surface area contributed by atoms with Crippen molar-refractivity contribution >= 4 is 40.0 Å². The average molecular weight is 371 g/mol. The van der Waals surface area contributed by atoms with Crippen LogP contribution in [0.5, 0.6) is 5.75 Å². The topological polar surface area (TPSA) is 63.5 Å². The molecule has 0 saturated heterocycles. The quantitative estimate of drug-likeness (QED) is 0.813. The standard InChI is InChI=1S/C17H20Cl2N2O3/c1-9-13-11(4-5-20-17(9)23)21(2)16-14(13)12(24-7-3-6-22)8-10(18)15(16)19/h8-9,22H,3-7H2,1-2H3,(H,20,23). The van der Waals surface area contributed by atoms with Crippen molar-refractivity contribution in [1.82, 2.24) is 9.88 Å². The summed E-state index contributed by atoms with van der Waals surface area (Å²) in [4.78, 5) is 12.3. The summed E-state index contributed by atoms with van der Waals surface area (Å²) in [5, 5.41) is 13.6. The van der Waals surface area contributed by atoms with Crippen molar-refractivity contribution < 1.29 is 14.6 Å². The number of nitrogens with zero attached hydrogens (tertiary/aromatic N) is 1. The highest BCUT2D eigenvalue weighted by Crippen LogP contribution is 2.44. The maximum atomic E-state index is 12.3.